The van der Waals surface area contributed by atoms with E-state index >= 15 is 0 Å². The minimum atomic E-state index is -4.64. The van der Waals surface area contributed by atoms with E-state index in [4.69, 9.17) is 15.6 Å². The first-order valence-electron chi connectivity index (χ1n) is 7.54. The van der Waals surface area contributed by atoms with Crippen molar-refractivity contribution in [1.82, 2.24) is 4.90 Å². The Bertz CT molecular complexity index is 509. The van der Waals surface area contributed by atoms with Crippen molar-refractivity contribution >= 4 is 18.2 Å². The highest BCUT2D eigenvalue weighted by Gasteiger charge is 2.51. The zero-order valence-electron chi connectivity index (χ0n) is 14.0. The number of carboxylic acid groups (broad SMARTS) is 1. The summed E-state index contributed by atoms with van der Waals surface area (Å²) >= 11 is 0. The summed E-state index contributed by atoms with van der Waals surface area (Å²) in [6.07, 6.45) is -10.2. The van der Waals surface area contributed by atoms with Crippen LogP contribution in [0.5, 0.6) is 0 Å². The van der Waals surface area contributed by atoms with E-state index in [9.17, 15) is 35.9 Å². The molecular weight excluding hydrogens is 374 g/mol. The van der Waals surface area contributed by atoms with E-state index in [-0.39, 0.29) is 5.92 Å². The summed E-state index contributed by atoms with van der Waals surface area (Å²) < 4.78 is 69.3. The SMILES string of the molecule is CC[C@H](C)[C@H](N)C(=O)N1C[C@H](C(F)(F)F)C[C@H]1C(=O)O.O=CC(F)(F)F. The molecule has 0 aromatic rings. The van der Waals surface area contributed by atoms with Gasteiger partial charge in [-0.2, -0.15) is 26.3 Å². The third kappa shape index (κ3) is 7.18. The van der Waals surface area contributed by atoms with E-state index in [0.717, 1.165) is 4.90 Å². The van der Waals surface area contributed by atoms with Crippen molar-refractivity contribution in [2.75, 3.05) is 6.54 Å². The van der Waals surface area contributed by atoms with Crippen molar-refractivity contribution in [3.8, 4) is 0 Å². The Kier molecular flexibility index (Phi) is 8.54. The van der Waals surface area contributed by atoms with Crippen LogP contribution in [0.4, 0.5) is 26.3 Å². The lowest BCUT2D eigenvalue weighted by atomic mass is 9.98. The topological polar surface area (TPSA) is 101 Å². The number of hydrogen-bond acceptors (Lipinski definition) is 4. The Morgan fingerprint density at radius 1 is 1.27 bits per heavy atom. The van der Waals surface area contributed by atoms with Crippen LogP contribution >= 0.6 is 0 Å². The van der Waals surface area contributed by atoms with Gasteiger partial charge in [-0.05, 0) is 12.3 Å². The number of rotatable bonds is 4. The number of carbonyl (C=O) groups excluding carboxylic acids is 2. The minimum Gasteiger partial charge on any atom is -0.480 e. The van der Waals surface area contributed by atoms with E-state index in [1.807, 2.05) is 0 Å². The Balaban J connectivity index is 0.000000896. The molecule has 0 unspecified atom stereocenters. The highest BCUT2D eigenvalue weighted by atomic mass is 19.4. The van der Waals surface area contributed by atoms with E-state index < -0.39 is 61.5 Å². The molecule has 0 bridgehead atoms. The number of alkyl halides is 6. The lowest BCUT2D eigenvalue weighted by molar-refractivity contribution is -0.171. The highest BCUT2D eigenvalue weighted by molar-refractivity contribution is 5.87. The maximum absolute atomic E-state index is 12.7. The van der Waals surface area contributed by atoms with Crippen molar-refractivity contribution in [1.29, 1.82) is 0 Å². The molecule has 1 saturated heterocycles. The molecule has 1 heterocycles. The summed E-state index contributed by atoms with van der Waals surface area (Å²) in [7, 11) is 0. The van der Waals surface area contributed by atoms with Crippen LogP contribution in [0.25, 0.3) is 0 Å². The number of nitrogens with zero attached hydrogens (tertiary/aromatic N) is 1. The average Bonchev–Trinajstić information content (AvgIpc) is 2.98. The smallest absolute Gasteiger partial charge is 0.446 e. The highest BCUT2D eigenvalue weighted by Crippen LogP contribution is 2.37. The van der Waals surface area contributed by atoms with Crippen molar-refractivity contribution < 1.29 is 45.8 Å². The lowest BCUT2D eigenvalue weighted by Crippen LogP contribution is -2.51. The fraction of sp³-hybridized carbons (Fsp3) is 0.786. The normalized spacial score (nSPS) is 22.9. The molecule has 0 aliphatic carbocycles. The van der Waals surface area contributed by atoms with Gasteiger partial charge in [0.1, 0.15) is 6.04 Å². The van der Waals surface area contributed by atoms with Crippen LogP contribution in [-0.4, -0.2) is 59.2 Å². The first-order chi connectivity index (χ1) is 11.7. The molecule has 1 aliphatic rings. The van der Waals surface area contributed by atoms with E-state index in [1.165, 1.54) is 0 Å². The number of amides is 1. The zero-order valence-corrected chi connectivity index (χ0v) is 14.0. The van der Waals surface area contributed by atoms with Crippen molar-refractivity contribution in [3.63, 3.8) is 0 Å². The largest absolute Gasteiger partial charge is 0.480 e. The number of halogens is 6. The van der Waals surface area contributed by atoms with Gasteiger partial charge < -0.3 is 15.7 Å². The molecule has 26 heavy (non-hydrogen) atoms. The van der Waals surface area contributed by atoms with Gasteiger partial charge in [-0.3, -0.25) is 9.59 Å². The lowest BCUT2D eigenvalue weighted by Gasteiger charge is -2.27. The first kappa shape index (κ1) is 24.1. The number of hydrogen-bond donors (Lipinski definition) is 2. The van der Waals surface area contributed by atoms with Crippen LogP contribution in [0.3, 0.4) is 0 Å². The molecule has 1 rings (SSSR count). The van der Waals surface area contributed by atoms with Gasteiger partial charge in [-0.15, -0.1) is 0 Å². The monoisotopic (exact) mass is 394 g/mol. The standard InChI is InChI=1S/C12H19F3N2O3.C2HF3O/c1-3-6(2)9(16)10(18)17-5-7(12(13,14)15)4-8(17)11(19)20;3-2(4,5)1-6/h6-9H,3-5,16H2,1-2H3,(H,19,20);1H/t6-,7+,8-,9-;/m0./s1. The van der Waals surface area contributed by atoms with Crippen molar-refractivity contribution in [2.45, 2.75) is 51.1 Å². The summed E-state index contributed by atoms with van der Waals surface area (Å²) in [6.45, 7) is 2.87. The molecule has 0 saturated carbocycles. The van der Waals surface area contributed by atoms with Crippen molar-refractivity contribution in [2.24, 2.45) is 17.6 Å². The van der Waals surface area contributed by atoms with Gasteiger partial charge >= 0.3 is 18.3 Å². The predicted octanol–water partition coefficient (Wildman–Crippen LogP) is 1.97. The summed E-state index contributed by atoms with van der Waals surface area (Å²) in [5.74, 6) is -4.18. The molecule has 0 aromatic heterocycles. The van der Waals surface area contributed by atoms with Crippen LogP contribution in [-0.2, 0) is 14.4 Å². The number of carboxylic acids is 1. The Morgan fingerprint density at radius 2 is 1.73 bits per heavy atom. The Labute approximate surface area is 145 Å². The molecule has 0 spiro atoms. The van der Waals surface area contributed by atoms with Crippen LogP contribution in [0, 0.1) is 11.8 Å². The molecule has 3 N–H and O–H groups in total. The summed E-state index contributed by atoms with van der Waals surface area (Å²) in [5, 5.41) is 8.99. The molecule has 1 aliphatic heterocycles. The second-order valence-corrected chi connectivity index (χ2v) is 5.89. The van der Waals surface area contributed by atoms with Crippen LogP contribution in [0.15, 0.2) is 0 Å². The third-order valence-electron chi connectivity index (χ3n) is 4.01. The average molecular weight is 394 g/mol. The van der Waals surface area contributed by atoms with Gasteiger partial charge in [0.25, 0.3) is 0 Å². The molecule has 12 heteroatoms. The fourth-order valence-corrected chi connectivity index (χ4v) is 2.24. The molecule has 1 fully saturated rings. The second kappa shape index (κ2) is 9.19. The molecular formula is C14H20F6N2O4. The van der Waals surface area contributed by atoms with E-state index in [2.05, 4.69) is 0 Å². The molecule has 4 atom stereocenters. The van der Waals surface area contributed by atoms with Gasteiger partial charge in [0.05, 0.1) is 12.0 Å². The number of likely N-dealkylation sites (tertiary alicyclic amines) is 1. The van der Waals surface area contributed by atoms with Crippen LogP contribution in [0.1, 0.15) is 26.7 Å². The molecule has 0 aromatic carbocycles. The Morgan fingerprint density at radius 3 is 2.04 bits per heavy atom. The summed E-state index contributed by atoms with van der Waals surface area (Å²) in [4.78, 5) is 32.6. The molecule has 1 amide bonds. The number of aldehydes is 1. The maximum Gasteiger partial charge on any atom is 0.446 e. The van der Waals surface area contributed by atoms with Crippen molar-refractivity contribution in [3.05, 3.63) is 0 Å². The summed E-state index contributed by atoms with van der Waals surface area (Å²) in [6, 6.07) is -2.43. The predicted molar refractivity (Wildman–Crippen MR) is 76.8 cm³/mol. The van der Waals surface area contributed by atoms with Crippen LogP contribution < -0.4 is 5.73 Å². The molecule has 6 nitrogen and oxygen atoms in total. The van der Waals surface area contributed by atoms with Gasteiger partial charge in [0.15, 0.2) is 0 Å². The van der Waals surface area contributed by atoms with Crippen LogP contribution in [0.2, 0.25) is 0 Å². The zero-order chi connectivity index (χ0) is 20.9. The van der Waals surface area contributed by atoms with E-state index in [0.29, 0.717) is 6.42 Å². The quantitative estimate of drug-likeness (QED) is 0.561. The number of carbonyl (C=O) groups is 3. The second-order valence-electron chi connectivity index (χ2n) is 5.89. The van der Waals surface area contributed by atoms with Gasteiger partial charge in [-0.25, -0.2) is 4.79 Å². The van der Waals surface area contributed by atoms with E-state index in [1.54, 1.807) is 13.8 Å². The molecule has 0 radical (unpaired) electrons. The number of aliphatic carboxylic acids is 1. The third-order valence-corrected chi connectivity index (χ3v) is 4.01. The minimum absolute atomic E-state index is 0.220. The van der Waals surface area contributed by atoms with Gasteiger partial charge in [0.2, 0.25) is 12.2 Å². The fourth-order valence-electron chi connectivity index (χ4n) is 2.24. The maximum atomic E-state index is 12.7. The number of nitrogens with two attached hydrogens (primary N) is 1. The summed E-state index contributed by atoms with van der Waals surface area (Å²) in [5.41, 5.74) is 5.70. The molecule has 152 valence electrons. The first-order valence-corrected chi connectivity index (χ1v) is 7.54. The Hall–Kier alpha value is -1.85. The van der Waals surface area contributed by atoms with Gasteiger partial charge in [-0.1, -0.05) is 20.3 Å². The van der Waals surface area contributed by atoms with Gasteiger partial charge in [0, 0.05) is 6.54 Å².